The van der Waals surface area contributed by atoms with Gasteiger partial charge in [0.15, 0.2) is 5.69 Å². The largest absolute Gasteiger partial charge is 0.491 e. The molecule has 3 amide bonds. The summed E-state index contributed by atoms with van der Waals surface area (Å²) in [7, 11) is 0. The van der Waals surface area contributed by atoms with Gasteiger partial charge in [0.25, 0.3) is 11.8 Å². The second-order valence-electron chi connectivity index (χ2n) is 10.5. The molecule has 206 valence electrons. The van der Waals surface area contributed by atoms with Crippen LogP contribution in [0.1, 0.15) is 71.8 Å². The zero-order valence-electron chi connectivity index (χ0n) is 23.3. The van der Waals surface area contributed by atoms with E-state index in [2.05, 4.69) is 15.6 Å². The lowest BCUT2D eigenvalue weighted by molar-refractivity contribution is -0.133. The van der Waals surface area contributed by atoms with Crippen molar-refractivity contribution < 1.29 is 19.1 Å². The highest BCUT2D eigenvalue weighted by Gasteiger charge is 2.48. The summed E-state index contributed by atoms with van der Waals surface area (Å²) in [5.74, 6) is -0.312. The van der Waals surface area contributed by atoms with Crippen molar-refractivity contribution in [2.75, 3.05) is 6.54 Å². The molecule has 2 aromatic carbocycles. The maximum Gasteiger partial charge on any atom is 0.273 e. The van der Waals surface area contributed by atoms with Gasteiger partial charge in [0.05, 0.1) is 19.0 Å². The van der Waals surface area contributed by atoms with Crippen LogP contribution in [0.15, 0.2) is 54.9 Å². The van der Waals surface area contributed by atoms with E-state index in [9.17, 15) is 14.4 Å². The number of nitrogens with one attached hydrogen (secondary N) is 2. The summed E-state index contributed by atoms with van der Waals surface area (Å²) in [6, 6.07) is 15.4. The molecule has 1 atom stereocenters. The molecule has 2 heterocycles. The third-order valence-electron chi connectivity index (χ3n) is 6.83. The molecular weight excluding hydrogens is 494 g/mol. The lowest BCUT2D eigenvalue weighted by Crippen LogP contribution is -2.64. The number of hydrogen-bond acceptors (Lipinski definition) is 5. The molecule has 1 aliphatic heterocycles. The molecule has 4 rings (SSSR count). The summed E-state index contributed by atoms with van der Waals surface area (Å²) in [4.78, 5) is 46.1. The normalized spacial score (nSPS) is 16.7. The Hall–Kier alpha value is -4.14. The Morgan fingerprint density at radius 2 is 1.64 bits per heavy atom. The van der Waals surface area contributed by atoms with E-state index >= 15 is 0 Å². The molecule has 0 unspecified atom stereocenters. The molecule has 9 heteroatoms. The van der Waals surface area contributed by atoms with E-state index in [1.54, 1.807) is 16.4 Å². The van der Waals surface area contributed by atoms with Gasteiger partial charge < -0.3 is 24.8 Å². The predicted molar refractivity (Wildman–Crippen MR) is 148 cm³/mol. The summed E-state index contributed by atoms with van der Waals surface area (Å²) < 4.78 is 7.28. The molecule has 0 fully saturated rings. The average molecular weight is 532 g/mol. The Labute approximate surface area is 229 Å². The van der Waals surface area contributed by atoms with E-state index in [1.807, 2.05) is 76.2 Å². The number of benzene rings is 2. The average Bonchev–Trinajstić information content (AvgIpc) is 3.33. The highest BCUT2D eigenvalue weighted by molar-refractivity contribution is 6.07. The number of carbonyl (C=O) groups is 3. The fourth-order valence-corrected chi connectivity index (χ4v) is 4.73. The summed E-state index contributed by atoms with van der Waals surface area (Å²) in [6.45, 7) is 10.9. The van der Waals surface area contributed by atoms with Gasteiger partial charge in [-0.1, -0.05) is 48.9 Å². The second kappa shape index (κ2) is 11.7. The van der Waals surface area contributed by atoms with Gasteiger partial charge in [-0.3, -0.25) is 14.4 Å². The lowest BCUT2D eigenvalue weighted by atomic mass is 9.93. The van der Waals surface area contributed by atoms with Crippen LogP contribution in [-0.2, 0) is 24.4 Å². The first-order valence-corrected chi connectivity index (χ1v) is 13.4. The molecule has 39 heavy (non-hydrogen) atoms. The third kappa shape index (κ3) is 6.13. The van der Waals surface area contributed by atoms with E-state index in [0.29, 0.717) is 19.5 Å². The number of hydrogen-bond donors (Lipinski definition) is 2. The Kier molecular flexibility index (Phi) is 8.38. The van der Waals surface area contributed by atoms with Gasteiger partial charge in [-0.05, 0) is 57.4 Å². The zero-order chi connectivity index (χ0) is 28.2. The molecule has 0 bridgehead atoms. The van der Waals surface area contributed by atoms with Crippen molar-refractivity contribution in [3.63, 3.8) is 0 Å². The molecular formula is C30H37N5O4. The smallest absolute Gasteiger partial charge is 0.273 e. The lowest BCUT2D eigenvalue weighted by Gasteiger charge is -2.43. The molecule has 0 radical (unpaired) electrons. The third-order valence-corrected chi connectivity index (χ3v) is 6.83. The van der Waals surface area contributed by atoms with Crippen LogP contribution in [0.2, 0.25) is 0 Å². The van der Waals surface area contributed by atoms with E-state index in [0.717, 1.165) is 22.4 Å². The van der Waals surface area contributed by atoms with E-state index in [4.69, 9.17) is 4.74 Å². The molecule has 2 N–H and O–H groups in total. The minimum atomic E-state index is -1.13. The van der Waals surface area contributed by atoms with Crippen LogP contribution in [0.4, 0.5) is 0 Å². The number of imidazole rings is 1. The highest BCUT2D eigenvalue weighted by Crippen LogP contribution is 2.29. The van der Waals surface area contributed by atoms with Crippen molar-refractivity contribution in [1.29, 1.82) is 0 Å². The van der Waals surface area contributed by atoms with Gasteiger partial charge in [-0.25, -0.2) is 4.98 Å². The van der Waals surface area contributed by atoms with Crippen LogP contribution in [0, 0.1) is 6.92 Å². The minimum Gasteiger partial charge on any atom is -0.491 e. The number of fused-ring (bicyclic) bond motifs is 1. The summed E-state index contributed by atoms with van der Waals surface area (Å²) in [5.41, 5.74) is 2.15. The number of ether oxygens (including phenoxy) is 1. The van der Waals surface area contributed by atoms with E-state index < -0.39 is 11.4 Å². The van der Waals surface area contributed by atoms with Crippen LogP contribution >= 0.6 is 0 Å². The monoisotopic (exact) mass is 531 g/mol. The fourth-order valence-electron chi connectivity index (χ4n) is 4.73. The molecule has 1 aliphatic rings. The topological polar surface area (TPSA) is 106 Å². The van der Waals surface area contributed by atoms with Crippen molar-refractivity contribution in [2.45, 2.75) is 72.3 Å². The minimum absolute atomic E-state index is 0.0583. The van der Waals surface area contributed by atoms with E-state index in [-0.39, 0.29) is 42.4 Å². The van der Waals surface area contributed by atoms with Crippen molar-refractivity contribution in [3.8, 4) is 5.75 Å². The van der Waals surface area contributed by atoms with Gasteiger partial charge in [0.1, 0.15) is 17.0 Å². The van der Waals surface area contributed by atoms with Crippen LogP contribution in [-0.4, -0.2) is 50.4 Å². The number of nitrogens with zero attached hydrogens (tertiary/aromatic N) is 3. The van der Waals surface area contributed by atoms with Gasteiger partial charge in [-0.2, -0.15) is 0 Å². The molecule has 0 saturated heterocycles. The maximum absolute atomic E-state index is 13.7. The van der Waals surface area contributed by atoms with Crippen molar-refractivity contribution in [2.24, 2.45) is 0 Å². The van der Waals surface area contributed by atoms with Gasteiger partial charge in [0, 0.05) is 19.6 Å². The molecule has 0 spiro atoms. The first kappa shape index (κ1) is 27.9. The highest BCUT2D eigenvalue weighted by atomic mass is 16.5. The Morgan fingerprint density at radius 1 is 1.03 bits per heavy atom. The number of aromatic nitrogens is 2. The zero-order valence-corrected chi connectivity index (χ0v) is 23.3. The maximum atomic E-state index is 13.7. The van der Waals surface area contributed by atoms with Crippen molar-refractivity contribution >= 4 is 17.7 Å². The van der Waals surface area contributed by atoms with Crippen LogP contribution < -0.4 is 15.4 Å². The van der Waals surface area contributed by atoms with Crippen LogP contribution in [0.25, 0.3) is 0 Å². The number of aryl methyl sites for hydroxylation is 1. The standard InChI is InChI=1S/C30H37N5O4/c1-6-15-35-28(37)26-25(27(36)31-16-23-11-13-24(14-12-23)39-20(2)3)33-19-34(26)18-30(35,5)29(38)32-17-22-9-7-21(4)8-10-22/h7-14,19-20H,6,15-18H2,1-5H3,(H,31,36)(H,32,38)/t30-/m1/s1. The number of carbonyl (C=O) groups excluding carboxylic acids is 3. The van der Waals surface area contributed by atoms with Crippen molar-refractivity contribution in [1.82, 2.24) is 25.1 Å². The summed E-state index contributed by atoms with van der Waals surface area (Å²) in [5, 5.41) is 5.86. The van der Waals surface area contributed by atoms with Gasteiger partial charge in [0.2, 0.25) is 5.91 Å². The van der Waals surface area contributed by atoms with Crippen LogP contribution in [0.5, 0.6) is 5.75 Å². The summed E-state index contributed by atoms with van der Waals surface area (Å²) in [6.07, 6.45) is 2.21. The van der Waals surface area contributed by atoms with Gasteiger partial charge >= 0.3 is 0 Å². The SMILES string of the molecule is CCCN1C(=O)c2c(C(=O)NCc3ccc(OC(C)C)cc3)ncn2C[C@]1(C)C(=O)NCc1ccc(C)cc1. The number of rotatable bonds is 10. The summed E-state index contributed by atoms with van der Waals surface area (Å²) >= 11 is 0. The molecule has 9 nitrogen and oxygen atoms in total. The van der Waals surface area contributed by atoms with Crippen molar-refractivity contribution in [3.05, 3.63) is 82.9 Å². The predicted octanol–water partition coefficient (Wildman–Crippen LogP) is 3.85. The first-order valence-electron chi connectivity index (χ1n) is 13.4. The number of amides is 3. The molecule has 0 saturated carbocycles. The van der Waals surface area contributed by atoms with Gasteiger partial charge in [-0.15, -0.1) is 0 Å². The fraction of sp³-hybridized carbons (Fsp3) is 0.400. The molecule has 1 aromatic heterocycles. The Bertz CT molecular complexity index is 1330. The van der Waals surface area contributed by atoms with E-state index in [1.165, 1.54) is 6.33 Å². The quantitative estimate of drug-likeness (QED) is 0.414. The Morgan fingerprint density at radius 3 is 2.26 bits per heavy atom. The van der Waals surface area contributed by atoms with Crippen LogP contribution in [0.3, 0.4) is 0 Å². The first-order chi connectivity index (χ1) is 18.6. The molecule has 0 aliphatic carbocycles. The molecule has 3 aromatic rings. The second-order valence-corrected chi connectivity index (χ2v) is 10.5. The Balaban J connectivity index is 1.48.